The summed E-state index contributed by atoms with van der Waals surface area (Å²) in [5.74, 6) is 0.0585. The van der Waals surface area contributed by atoms with Gasteiger partial charge in [-0.3, -0.25) is 10.1 Å². The smallest absolute Gasteiger partial charge is 0.410 e. The number of ether oxygens (including phenoxy) is 3. The SMILES string of the molecule is CCCN(CCOc1ccc([N+](=O)[O-])c(OC)n1)C(=O)OC(C)(C)C. The number of amides is 1. The minimum absolute atomic E-state index is 0.125. The first-order valence-electron chi connectivity index (χ1n) is 7.98. The lowest BCUT2D eigenvalue weighted by atomic mass is 10.2. The molecule has 1 rings (SSSR count). The molecule has 140 valence electrons. The highest BCUT2D eigenvalue weighted by molar-refractivity contribution is 5.68. The number of carbonyl (C=O) groups is 1. The van der Waals surface area contributed by atoms with Gasteiger partial charge in [0, 0.05) is 18.7 Å². The predicted octanol–water partition coefficient (Wildman–Crippen LogP) is 3.02. The normalized spacial score (nSPS) is 10.9. The first kappa shape index (κ1) is 20.5. The van der Waals surface area contributed by atoms with Gasteiger partial charge in [-0.25, -0.2) is 4.79 Å². The molecule has 1 amide bonds. The second kappa shape index (κ2) is 9.05. The zero-order chi connectivity index (χ0) is 19.0. The van der Waals surface area contributed by atoms with Crippen LogP contribution in [0.2, 0.25) is 0 Å². The number of hydrogen-bond donors (Lipinski definition) is 0. The molecule has 0 atom stereocenters. The molecular formula is C16H25N3O6. The van der Waals surface area contributed by atoms with Crippen molar-refractivity contribution in [1.82, 2.24) is 9.88 Å². The number of aromatic nitrogens is 1. The van der Waals surface area contributed by atoms with Crippen molar-refractivity contribution in [3.63, 3.8) is 0 Å². The molecule has 1 aromatic heterocycles. The molecule has 0 N–H and O–H groups in total. The van der Waals surface area contributed by atoms with Crippen LogP contribution >= 0.6 is 0 Å². The molecule has 0 radical (unpaired) electrons. The standard InChI is InChI=1S/C16H25N3O6/c1-6-9-18(15(20)25-16(2,3)4)10-11-24-13-8-7-12(19(21)22)14(17-13)23-5/h7-8H,6,9-11H2,1-5H3. The summed E-state index contributed by atoms with van der Waals surface area (Å²) in [5, 5.41) is 10.8. The lowest BCUT2D eigenvalue weighted by molar-refractivity contribution is -0.386. The van der Waals surface area contributed by atoms with Crippen molar-refractivity contribution in [3.8, 4) is 11.8 Å². The Kier molecular flexibility index (Phi) is 7.41. The molecule has 9 nitrogen and oxygen atoms in total. The van der Waals surface area contributed by atoms with E-state index in [2.05, 4.69) is 4.98 Å². The highest BCUT2D eigenvalue weighted by Gasteiger charge is 2.22. The van der Waals surface area contributed by atoms with Crippen molar-refractivity contribution >= 4 is 11.8 Å². The lowest BCUT2D eigenvalue weighted by Crippen LogP contribution is -2.39. The zero-order valence-corrected chi connectivity index (χ0v) is 15.3. The third-order valence-corrected chi connectivity index (χ3v) is 2.96. The van der Waals surface area contributed by atoms with E-state index in [1.807, 2.05) is 6.92 Å². The number of pyridine rings is 1. The van der Waals surface area contributed by atoms with Crippen molar-refractivity contribution in [3.05, 3.63) is 22.2 Å². The molecule has 0 bridgehead atoms. The summed E-state index contributed by atoms with van der Waals surface area (Å²) in [4.78, 5) is 27.9. The van der Waals surface area contributed by atoms with E-state index in [0.717, 1.165) is 6.42 Å². The van der Waals surface area contributed by atoms with Gasteiger partial charge in [-0.05, 0) is 27.2 Å². The van der Waals surface area contributed by atoms with Crippen molar-refractivity contribution in [1.29, 1.82) is 0 Å². The summed E-state index contributed by atoms with van der Waals surface area (Å²) in [7, 11) is 1.30. The van der Waals surface area contributed by atoms with E-state index in [1.54, 1.807) is 25.7 Å². The molecule has 1 aromatic rings. The summed E-state index contributed by atoms with van der Waals surface area (Å²) < 4.78 is 15.7. The Labute approximate surface area is 147 Å². The second-order valence-electron chi connectivity index (χ2n) is 6.25. The van der Waals surface area contributed by atoms with Gasteiger partial charge < -0.3 is 19.1 Å². The highest BCUT2D eigenvalue weighted by Crippen LogP contribution is 2.26. The van der Waals surface area contributed by atoms with Gasteiger partial charge in [0.15, 0.2) is 0 Å². The maximum atomic E-state index is 12.1. The molecule has 0 fully saturated rings. The summed E-state index contributed by atoms with van der Waals surface area (Å²) in [5.41, 5.74) is -0.812. The van der Waals surface area contributed by atoms with Gasteiger partial charge in [-0.15, -0.1) is 0 Å². The average Bonchev–Trinajstić information content (AvgIpc) is 2.51. The van der Waals surface area contributed by atoms with Gasteiger partial charge >= 0.3 is 11.8 Å². The van der Waals surface area contributed by atoms with Crippen molar-refractivity contribution in [2.45, 2.75) is 39.7 Å². The van der Waals surface area contributed by atoms with Gasteiger partial charge in [0.1, 0.15) is 12.2 Å². The molecule has 0 aliphatic heterocycles. The summed E-state index contributed by atoms with van der Waals surface area (Å²) in [6.07, 6.45) is 0.371. The molecule has 0 aliphatic carbocycles. The van der Waals surface area contributed by atoms with Crippen LogP contribution in [0.25, 0.3) is 0 Å². The first-order valence-corrected chi connectivity index (χ1v) is 7.98. The average molecular weight is 355 g/mol. The van der Waals surface area contributed by atoms with Crippen LogP contribution in [0.3, 0.4) is 0 Å². The van der Waals surface area contributed by atoms with E-state index in [4.69, 9.17) is 14.2 Å². The van der Waals surface area contributed by atoms with Crippen molar-refractivity contribution in [2.24, 2.45) is 0 Å². The fraction of sp³-hybridized carbons (Fsp3) is 0.625. The number of carbonyl (C=O) groups excluding carboxylic acids is 1. The fourth-order valence-electron chi connectivity index (χ4n) is 1.94. The number of nitro groups is 1. The highest BCUT2D eigenvalue weighted by atomic mass is 16.6. The van der Waals surface area contributed by atoms with Crippen LogP contribution < -0.4 is 9.47 Å². The van der Waals surface area contributed by atoms with Gasteiger partial charge in [0.2, 0.25) is 5.88 Å². The third-order valence-electron chi connectivity index (χ3n) is 2.96. The van der Waals surface area contributed by atoms with Crippen LogP contribution in [-0.2, 0) is 4.74 Å². The van der Waals surface area contributed by atoms with Gasteiger partial charge in [0.05, 0.1) is 18.6 Å². The number of methoxy groups -OCH3 is 1. The lowest BCUT2D eigenvalue weighted by Gasteiger charge is -2.27. The van der Waals surface area contributed by atoms with Crippen molar-refractivity contribution < 1.29 is 23.9 Å². The monoisotopic (exact) mass is 355 g/mol. The molecule has 25 heavy (non-hydrogen) atoms. The van der Waals surface area contributed by atoms with Crippen LogP contribution in [-0.4, -0.2) is 53.3 Å². The van der Waals surface area contributed by atoms with E-state index in [9.17, 15) is 14.9 Å². The topological polar surface area (TPSA) is 104 Å². The summed E-state index contributed by atoms with van der Waals surface area (Å²) >= 11 is 0. The van der Waals surface area contributed by atoms with Crippen LogP contribution in [0.15, 0.2) is 12.1 Å². The van der Waals surface area contributed by atoms with Gasteiger partial charge in [-0.1, -0.05) is 6.92 Å². The predicted molar refractivity (Wildman–Crippen MR) is 91.0 cm³/mol. The molecule has 0 unspecified atom stereocenters. The van der Waals surface area contributed by atoms with Crippen LogP contribution in [0.1, 0.15) is 34.1 Å². The third kappa shape index (κ3) is 6.82. The quantitative estimate of drug-likeness (QED) is 0.521. The number of nitrogens with zero attached hydrogens (tertiary/aromatic N) is 3. The van der Waals surface area contributed by atoms with E-state index in [-0.39, 0.29) is 24.1 Å². The molecule has 0 aliphatic rings. The minimum atomic E-state index is -0.582. The van der Waals surface area contributed by atoms with Gasteiger partial charge in [0.25, 0.3) is 5.88 Å². The second-order valence-corrected chi connectivity index (χ2v) is 6.25. The largest absolute Gasteiger partial charge is 0.476 e. The molecule has 0 aromatic carbocycles. The number of rotatable bonds is 8. The molecule has 0 saturated heterocycles. The zero-order valence-electron chi connectivity index (χ0n) is 15.3. The van der Waals surface area contributed by atoms with E-state index >= 15 is 0 Å². The Balaban J connectivity index is 2.66. The Morgan fingerprint density at radius 2 is 2.00 bits per heavy atom. The maximum absolute atomic E-state index is 12.1. The number of hydrogen-bond acceptors (Lipinski definition) is 7. The van der Waals surface area contributed by atoms with E-state index < -0.39 is 16.6 Å². The Morgan fingerprint density at radius 3 is 2.52 bits per heavy atom. The molecular weight excluding hydrogens is 330 g/mol. The summed E-state index contributed by atoms with van der Waals surface area (Å²) in [6, 6.07) is 2.65. The van der Waals surface area contributed by atoms with Crippen LogP contribution in [0, 0.1) is 10.1 Å². The first-order chi connectivity index (χ1) is 11.7. The Bertz CT molecular complexity index is 600. The molecule has 0 spiro atoms. The molecule has 1 heterocycles. The fourth-order valence-corrected chi connectivity index (χ4v) is 1.94. The van der Waals surface area contributed by atoms with Crippen LogP contribution in [0.4, 0.5) is 10.5 Å². The maximum Gasteiger partial charge on any atom is 0.410 e. The Hall–Kier alpha value is -2.58. The van der Waals surface area contributed by atoms with Crippen LogP contribution in [0.5, 0.6) is 11.8 Å². The van der Waals surface area contributed by atoms with E-state index in [0.29, 0.717) is 13.1 Å². The van der Waals surface area contributed by atoms with Gasteiger partial charge in [-0.2, -0.15) is 4.98 Å². The van der Waals surface area contributed by atoms with Crippen molar-refractivity contribution in [2.75, 3.05) is 26.8 Å². The van der Waals surface area contributed by atoms with E-state index in [1.165, 1.54) is 19.2 Å². The minimum Gasteiger partial charge on any atom is -0.476 e. The summed E-state index contributed by atoms with van der Waals surface area (Å²) in [6.45, 7) is 8.39. The Morgan fingerprint density at radius 1 is 1.32 bits per heavy atom. The molecule has 9 heteroatoms. The molecule has 0 saturated carbocycles.